The van der Waals surface area contributed by atoms with Gasteiger partial charge in [-0.3, -0.25) is 4.99 Å². The SMILES string of the molecule is CN=C(NCC(C)Oc1ccccc1F)NC(C)c1cc(OC)ccc1OC. The molecule has 0 fully saturated rings. The van der Waals surface area contributed by atoms with Crippen molar-refractivity contribution in [3.8, 4) is 17.2 Å². The molecule has 2 rings (SSSR count). The van der Waals surface area contributed by atoms with Gasteiger partial charge < -0.3 is 24.8 Å². The molecule has 2 aromatic rings. The highest BCUT2D eigenvalue weighted by molar-refractivity contribution is 5.80. The molecule has 2 unspecified atom stereocenters. The predicted octanol–water partition coefficient (Wildman–Crippen LogP) is 3.54. The third-order valence-electron chi connectivity index (χ3n) is 4.20. The van der Waals surface area contributed by atoms with Crippen LogP contribution in [-0.4, -0.2) is 39.9 Å². The van der Waals surface area contributed by atoms with Gasteiger partial charge >= 0.3 is 0 Å². The van der Waals surface area contributed by atoms with Crippen LogP contribution in [0.4, 0.5) is 4.39 Å². The Kier molecular flexibility index (Phi) is 7.92. The fraction of sp³-hybridized carbons (Fsp3) is 0.381. The van der Waals surface area contributed by atoms with E-state index in [-0.39, 0.29) is 23.7 Å². The van der Waals surface area contributed by atoms with Crippen molar-refractivity contribution in [2.75, 3.05) is 27.8 Å². The molecular formula is C21H28FN3O3. The quantitative estimate of drug-likeness (QED) is 0.534. The molecule has 152 valence electrons. The summed E-state index contributed by atoms with van der Waals surface area (Å²) in [7, 11) is 4.95. The number of nitrogens with one attached hydrogen (secondary N) is 2. The van der Waals surface area contributed by atoms with Gasteiger partial charge in [-0.05, 0) is 44.2 Å². The number of para-hydroxylation sites is 1. The summed E-state index contributed by atoms with van der Waals surface area (Å²) in [4.78, 5) is 4.24. The van der Waals surface area contributed by atoms with Crippen LogP contribution >= 0.6 is 0 Å². The Bertz CT molecular complexity index is 798. The van der Waals surface area contributed by atoms with Crippen LogP contribution in [0.3, 0.4) is 0 Å². The molecule has 0 saturated heterocycles. The Labute approximate surface area is 165 Å². The summed E-state index contributed by atoms with van der Waals surface area (Å²) in [5.74, 6) is 1.96. The van der Waals surface area contributed by atoms with Crippen molar-refractivity contribution in [3.63, 3.8) is 0 Å². The minimum Gasteiger partial charge on any atom is -0.497 e. The predicted molar refractivity (Wildman–Crippen MR) is 109 cm³/mol. The molecule has 0 aliphatic carbocycles. The maximum Gasteiger partial charge on any atom is 0.191 e. The lowest BCUT2D eigenvalue weighted by atomic mass is 10.1. The highest BCUT2D eigenvalue weighted by atomic mass is 19.1. The lowest BCUT2D eigenvalue weighted by molar-refractivity contribution is 0.214. The van der Waals surface area contributed by atoms with Gasteiger partial charge in [0.15, 0.2) is 17.5 Å². The van der Waals surface area contributed by atoms with E-state index in [1.807, 2.05) is 32.0 Å². The number of rotatable bonds is 8. The zero-order valence-electron chi connectivity index (χ0n) is 17.0. The fourth-order valence-corrected chi connectivity index (χ4v) is 2.69. The minimum absolute atomic E-state index is 0.0842. The minimum atomic E-state index is -0.379. The first-order valence-corrected chi connectivity index (χ1v) is 9.08. The molecule has 0 spiro atoms. The number of guanidine groups is 1. The Hall–Kier alpha value is -2.96. The Morgan fingerprint density at radius 2 is 1.82 bits per heavy atom. The number of hydrogen-bond donors (Lipinski definition) is 2. The van der Waals surface area contributed by atoms with Gasteiger partial charge in [0.25, 0.3) is 0 Å². The Morgan fingerprint density at radius 1 is 1.07 bits per heavy atom. The number of aliphatic imine (C=N–C) groups is 1. The number of ether oxygens (including phenoxy) is 3. The van der Waals surface area contributed by atoms with E-state index >= 15 is 0 Å². The molecule has 2 atom stereocenters. The highest BCUT2D eigenvalue weighted by Crippen LogP contribution is 2.29. The van der Waals surface area contributed by atoms with E-state index in [4.69, 9.17) is 14.2 Å². The number of nitrogens with zero attached hydrogens (tertiary/aromatic N) is 1. The first-order chi connectivity index (χ1) is 13.5. The van der Waals surface area contributed by atoms with Crippen LogP contribution in [0, 0.1) is 5.82 Å². The summed E-state index contributed by atoms with van der Waals surface area (Å²) < 4.78 is 30.1. The average Bonchev–Trinajstić information content (AvgIpc) is 2.72. The van der Waals surface area contributed by atoms with Gasteiger partial charge in [-0.25, -0.2) is 4.39 Å². The lowest BCUT2D eigenvalue weighted by Crippen LogP contribution is -2.42. The molecule has 0 aliphatic heterocycles. The summed E-state index contributed by atoms with van der Waals surface area (Å²) in [5.41, 5.74) is 0.945. The van der Waals surface area contributed by atoms with Crippen LogP contribution in [0.5, 0.6) is 17.2 Å². The molecule has 0 aromatic heterocycles. The molecule has 0 bridgehead atoms. The van der Waals surface area contributed by atoms with Crippen LogP contribution in [0.2, 0.25) is 0 Å². The third kappa shape index (κ3) is 5.77. The van der Waals surface area contributed by atoms with Gasteiger partial charge in [-0.1, -0.05) is 12.1 Å². The molecule has 0 saturated carbocycles. The normalized spacial score (nSPS) is 13.4. The van der Waals surface area contributed by atoms with E-state index in [0.717, 1.165) is 17.1 Å². The summed E-state index contributed by atoms with van der Waals surface area (Å²) in [6.07, 6.45) is -0.253. The van der Waals surface area contributed by atoms with Crippen molar-refractivity contribution in [2.24, 2.45) is 4.99 Å². The Morgan fingerprint density at radius 3 is 2.46 bits per heavy atom. The van der Waals surface area contributed by atoms with Crippen molar-refractivity contribution < 1.29 is 18.6 Å². The van der Waals surface area contributed by atoms with E-state index in [1.54, 1.807) is 39.5 Å². The van der Waals surface area contributed by atoms with Gasteiger partial charge in [-0.2, -0.15) is 0 Å². The van der Waals surface area contributed by atoms with Crippen LogP contribution in [-0.2, 0) is 0 Å². The van der Waals surface area contributed by atoms with Crippen molar-refractivity contribution >= 4 is 5.96 Å². The van der Waals surface area contributed by atoms with Gasteiger partial charge in [-0.15, -0.1) is 0 Å². The van der Waals surface area contributed by atoms with Gasteiger partial charge in [0.05, 0.1) is 26.8 Å². The number of hydrogen-bond acceptors (Lipinski definition) is 4. The number of benzene rings is 2. The van der Waals surface area contributed by atoms with Gasteiger partial charge in [0.2, 0.25) is 0 Å². The van der Waals surface area contributed by atoms with Gasteiger partial charge in [0, 0.05) is 12.6 Å². The smallest absolute Gasteiger partial charge is 0.191 e. The molecule has 2 N–H and O–H groups in total. The van der Waals surface area contributed by atoms with Crippen molar-refractivity contribution in [3.05, 3.63) is 53.8 Å². The second-order valence-electron chi connectivity index (χ2n) is 6.29. The van der Waals surface area contributed by atoms with E-state index in [1.165, 1.54) is 6.07 Å². The summed E-state index contributed by atoms with van der Waals surface area (Å²) in [6, 6.07) is 11.9. The molecule has 0 aliphatic rings. The second kappa shape index (κ2) is 10.4. The molecule has 28 heavy (non-hydrogen) atoms. The maximum atomic E-state index is 13.7. The summed E-state index contributed by atoms with van der Waals surface area (Å²) in [6.45, 7) is 4.32. The standard InChI is InChI=1S/C21H28FN3O3/c1-14(28-20-9-7-6-8-18(20)22)13-24-21(23-3)25-15(2)17-12-16(26-4)10-11-19(17)27-5/h6-12,14-15H,13H2,1-5H3,(H2,23,24,25). The van der Waals surface area contributed by atoms with Gasteiger partial charge in [0.1, 0.15) is 17.6 Å². The van der Waals surface area contributed by atoms with E-state index in [0.29, 0.717) is 12.5 Å². The zero-order valence-corrected chi connectivity index (χ0v) is 17.0. The Balaban J connectivity index is 1.96. The largest absolute Gasteiger partial charge is 0.497 e. The van der Waals surface area contributed by atoms with Crippen LogP contribution in [0.25, 0.3) is 0 Å². The summed E-state index contributed by atoms with van der Waals surface area (Å²) in [5, 5.41) is 6.51. The first-order valence-electron chi connectivity index (χ1n) is 9.08. The molecule has 0 amide bonds. The second-order valence-corrected chi connectivity index (χ2v) is 6.29. The van der Waals surface area contributed by atoms with Crippen molar-refractivity contribution in [1.29, 1.82) is 0 Å². The molecule has 6 nitrogen and oxygen atoms in total. The first kappa shape index (κ1) is 21.3. The van der Waals surface area contributed by atoms with Crippen LogP contribution < -0.4 is 24.8 Å². The molecule has 2 aromatic carbocycles. The molecule has 7 heteroatoms. The van der Waals surface area contributed by atoms with Crippen LogP contribution in [0.15, 0.2) is 47.5 Å². The topological polar surface area (TPSA) is 64.1 Å². The van der Waals surface area contributed by atoms with Crippen LogP contribution in [0.1, 0.15) is 25.5 Å². The van der Waals surface area contributed by atoms with Crippen molar-refractivity contribution in [1.82, 2.24) is 10.6 Å². The monoisotopic (exact) mass is 389 g/mol. The zero-order chi connectivity index (χ0) is 20.5. The van der Waals surface area contributed by atoms with E-state index in [9.17, 15) is 4.39 Å². The summed E-state index contributed by atoms with van der Waals surface area (Å²) >= 11 is 0. The molecule has 0 heterocycles. The highest BCUT2D eigenvalue weighted by Gasteiger charge is 2.15. The lowest BCUT2D eigenvalue weighted by Gasteiger charge is -2.22. The van der Waals surface area contributed by atoms with E-state index in [2.05, 4.69) is 15.6 Å². The fourth-order valence-electron chi connectivity index (χ4n) is 2.69. The number of methoxy groups -OCH3 is 2. The third-order valence-corrected chi connectivity index (χ3v) is 4.20. The van der Waals surface area contributed by atoms with Crippen molar-refractivity contribution in [2.45, 2.75) is 26.0 Å². The average molecular weight is 389 g/mol. The molecule has 0 radical (unpaired) electrons. The van der Waals surface area contributed by atoms with E-state index < -0.39 is 0 Å². The maximum absolute atomic E-state index is 13.7. The number of halogens is 1. The molecular weight excluding hydrogens is 361 g/mol.